The molecule has 0 spiro atoms. The van der Waals surface area contributed by atoms with Gasteiger partial charge in [0.1, 0.15) is 0 Å². The van der Waals surface area contributed by atoms with E-state index in [1.807, 2.05) is 6.07 Å². The molecular weight excluding hydrogens is 288 g/mol. The molecule has 1 saturated heterocycles. The molecule has 112 valence electrons. The van der Waals surface area contributed by atoms with Crippen molar-refractivity contribution in [1.82, 2.24) is 10.2 Å². The van der Waals surface area contributed by atoms with Crippen molar-refractivity contribution in [3.05, 3.63) is 21.3 Å². The van der Waals surface area contributed by atoms with Crippen LogP contribution in [0.1, 0.15) is 38.0 Å². The summed E-state index contributed by atoms with van der Waals surface area (Å²) in [7, 11) is 0. The van der Waals surface area contributed by atoms with E-state index in [9.17, 15) is 0 Å². The summed E-state index contributed by atoms with van der Waals surface area (Å²) >= 11 is 7.81. The topological polar surface area (TPSA) is 15.3 Å². The Morgan fingerprint density at radius 2 is 2.25 bits per heavy atom. The summed E-state index contributed by atoms with van der Waals surface area (Å²) in [5.74, 6) is 1.68. The zero-order valence-electron chi connectivity index (χ0n) is 12.4. The third-order valence-corrected chi connectivity index (χ3v) is 6.18. The Bertz CT molecular complexity index is 443. The minimum atomic E-state index is 0.663. The van der Waals surface area contributed by atoms with Gasteiger partial charge in [0.05, 0.1) is 4.34 Å². The van der Waals surface area contributed by atoms with Crippen LogP contribution in [0.15, 0.2) is 12.1 Å². The van der Waals surface area contributed by atoms with Crippen LogP contribution in [0.5, 0.6) is 0 Å². The number of hydrogen-bond donors (Lipinski definition) is 1. The van der Waals surface area contributed by atoms with E-state index in [0.717, 1.165) is 29.3 Å². The fourth-order valence-corrected chi connectivity index (χ4v) is 4.43. The lowest BCUT2D eigenvalue weighted by Gasteiger charge is -2.43. The Morgan fingerprint density at radius 1 is 1.45 bits per heavy atom. The number of piperazine rings is 1. The van der Waals surface area contributed by atoms with Crippen molar-refractivity contribution in [2.75, 3.05) is 13.1 Å². The van der Waals surface area contributed by atoms with Crippen LogP contribution < -0.4 is 5.32 Å². The summed E-state index contributed by atoms with van der Waals surface area (Å²) < 4.78 is 0.911. The molecule has 3 atom stereocenters. The van der Waals surface area contributed by atoms with Crippen LogP contribution in [0.4, 0.5) is 0 Å². The van der Waals surface area contributed by atoms with Crippen molar-refractivity contribution in [2.24, 2.45) is 11.8 Å². The van der Waals surface area contributed by atoms with E-state index in [1.54, 1.807) is 11.3 Å². The first-order chi connectivity index (χ1) is 9.67. The smallest absolute Gasteiger partial charge is 0.0931 e. The number of nitrogens with zero attached hydrogens (tertiary/aromatic N) is 1. The lowest BCUT2D eigenvalue weighted by Crippen LogP contribution is -2.58. The lowest BCUT2D eigenvalue weighted by molar-refractivity contribution is 0.0796. The zero-order chi connectivity index (χ0) is 14.1. The predicted octanol–water partition coefficient (Wildman–Crippen LogP) is 4.00. The van der Waals surface area contributed by atoms with Gasteiger partial charge in [0.2, 0.25) is 0 Å². The van der Waals surface area contributed by atoms with Crippen LogP contribution in [0.2, 0.25) is 4.34 Å². The molecule has 2 fully saturated rings. The Balaban J connectivity index is 1.69. The third kappa shape index (κ3) is 3.38. The van der Waals surface area contributed by atoms with Gasteiger partial charge in [0, 0.05) is 36.6 Å². The molecule has 0 aromatic carbocycles. The van der Waals surface area contributed by atoms with E-state index in [0.29, 0.717) is 12.1 Å². The number of nitrogens with one attached hydrogen (secondary N) is 1. The maximum Gasteiger partial charge on any atom is 0.0931 e. The standard InChI is InChI=1S/C16H25ClN2S/c1-3-11(2)15-8-18-14(12-4-5-12)10-19(15)9-13-6-7-16(17)20-13/h6-7,11-12,14-15,18H,3-5,8-10H2,1-2H3. The average molecular weight is 313 g/mol. The maximum absolute atomic E-state index is 6.08. The maximum atomic E-state index is 6.08. The van der Waals surface area contributed by atoms with E-state index in [2.05, 4.69) is 30.1 Å². The zero-order valence-corrected chi connectivity index (χ0v) is 14.0. The number of thiophene rings is 1. The first-order valence-electron chi connectivity index (χ1n) is 7.89. The lowest BCUT2D eigenvalue weighted by atomic mass is 9.93. The second-order valence-corrected chi connectivity index (χ2v) is 8.24. The van der Waals surface area contributed by atoms with E-state index in [-0.39, 0.29) is 0 Å². The van der Waals surface area contributed by atoms with Gasteiger partial charge < -0.3 is 5.32 Å². The van der Waals surface area contributed by atoms with Crippen LogP contribution in [-0.2, 0) is 6.54 Å². The Hall–Kier alpha value is -0.0900. The van der Waals surface area contributed by atoms with Crippen LogP contribution >= 0.6 is 22.9 Å². The van der Waals surface area contributed by atoms with Crippen molar-refractivity contribution in [3.8, 4) is 0 Å². The van der Waals surface area contributed by atoms with Gasteiger partial charge in [-0.25, -0.2) is 0 Å². The summed E-state index contributed by atoms with van der Waals surface area (Å²) in [6.45, 7) is 8.11. The molecule has 1 aromatic rings. The van der Waals surface area contributed by atoms with Gasteiger partial charge in [0.15, 0.2) is 0 Å². The number of hydrogen-bond acceptors (Lipinski definition) is 3. The van der Waals surface area contributed by atoms with Crippen LogP contribution in [0.3, 0.4) is 0 Å². The van der Waals surface area contributed by atoms with E-state index in [4.69, 9.17) is 11.6 Å². The Morgan fingerprint density at radius 3 is 2.85 bits per heavy atom. The molecule has 2 heterocycles. The second kappa shape index (κ2) is 6.35. The summed E-state index contributed by atoms with van der Waals surface area (Å²) in [6, 6.07) is 5.59. The molecule has 1 aliphatic heterocycles. The summed E-state index contributed by atoms with van der Waals surface area (Å²) in [5.41, 5.74) is 0. The van der Waals surface area contributed by atoms with Crippen molar-refractivity contribution >= 4 is 22.9 Å². The van der Waals surface area contributed by atoms with Gasteiger partial charge in [-0.2, -0.15) is 0 Å². The largest absolute Gasteiger partial charge is 0.311 e. The quantitative estimate of drug-likeness (QED) is 0.884. The van der Waals surface area contributed by atoms with Gasteiger partial charge >= 0.3 is 0 Å². The van der Waals surface area contributed by atoms with Gasteiger partial charge in [-0.15, -0.1) is 11.3 Å². The van der Waals surface area contributed by atoms with Crippen molar-refractivity contribution in [3.63, 3.8) is 0 Å². The van der Waals surface area contributed by atoms with Gasteiger partial charge in [0.25, 0.3) is 0 Å². The van der Waals surface area contributed by atoms with Crippen LogP contribution in [0, 0.1) is 11.8 Å². The minimum absolute atomic E-state index is 0.663. The minimum Gasteiger partial charge on any atom is -0.311 e. The van der Waals surface area contributed by atoms with E-state index >= 15 is 0 Å². The molecule has 2 nitrogen and oxygen atoms in total. The second-order valence-electron chi connectivity index (χ2n) is 6.44. The normalized spacial score (nSPS) is 29.6. The molecule has 0 radical (unpaired) electrons. The molecular formula is C16H25ClN2S. The van der Waals surface area contributed by atoms with E-state index < -0.39 is 0 Å². The fourth-order valence-electron chi connectivity index (χ4n) is 3.32. The summed E-state index contributed by atoms with van der Waals surface area (Å²) in [4.78, 5) is 4.11. The Labute approximate surface area is 131 Å². The molecule has 0 amide bonds. The SMILES string of the molecule is CCC(C)C1CNC(C2CC2)CN1Cc1ccc(Cl)s1. The average Bonchev–Trinajstić information content (AvgIpc) is 3.22. The summed E-state index contributed by atoms with van der Waals surface area (Å²) in [5, 5.41) is 3.80. The third-order valence-electron chi connectivity index (χ3n) is 4.97. The molecule has 3 rings (SSSR count). The molecule has 1 aliphatic carbocycles. The van der Waals surface area contributed by atoms with Crippen molar-refractivity contribution in [1.29, 1.82) is 0 Å². The summed E-state index contributed by atoms with van der Waals surface area (Å²) in [6.07, 6.45) is 4.09. The highest BCUT2D eigenvalue weighted by atomic mass is 35.5. The number of halogens is 1. The first kappa shape index (κ1) is 14.8. The predicted molar refractivity (Wildman–Crippen MR) is 87.5 cm³/mol. The fraction of sp³-hybridized carbons (Fsp3) is 0.750. The van der Waals surface area contributed by atoms with Crippen LogP contribution in [-0.4, -0.2) is 30.1 Å². The highest BCUT2D eigenvalue weighted by Gasteiger charge is 2.38. The molecule has 2 aliphatic rings. The highest BCUT2D eigenvalue weighted by Crippen LogP contribution is 2.35. The van der Waals surface area contributed by atoms with Crippen LogP contribution in [0.25, 0.3) is 0 Å². The monoisotopic (exact) mass is 312 g/mol. The van der Waals surface area contributed by atoms with Crippen molar-refractivity contribution in [2.45, 2.75) is 51.7 Å². The molecule has 3 unspecified atom stereocenters. The van der Waals surface area contributed by atoms with Gasteiger partial charge in [-0.3, -0.25) is 4.90 Å². The molecule has 1 N–H and O–H groups in total. The van der Waals surface area contributed by atoms with Gasteiger partial charge in [-0.05, 0) is 36.8 Å². The molecule has 0 bridgehead atoms. The molecule has 1 aromatic heterocycles. The highest BCUT2D eigenvalue weighted by molar-refractivity contribution is 7.16. The number of rotatable bonds is 5. The van der Waals surface area contributed by atoms with E-state index in [1.165, 1.54) is 30.7 Å². The van der Waals surface area contributed by atoms with Crippen molar-refractivity contribution < 1.29 is 0 Å². The molecule has 20 heavy (non-hydrogen) atoms. The van der Waals surface area contributed by atoms with Gasteiger partial charge in [-0.1, -0.05) is 31.9 Å². The first-order valence-corrected chi connectivity index (χ1v) is 9.08. The molecule has 4 heteroatoms. The molecule has 1 saturated carbocycles. The Kier molecular flexibility index (Phi) is 4.71.